The first-order valence-electron chi connectivity index (χ1n) is 6.07. The summed E-state index contributed by atoms with van der Waals surface area (Å²) in [7, 11) is 5.49. The van der Waals surface area contributed by atoms with E-state index < -0.39 is 0 Å². The maximum Gasteiger partial charge on any atom is 0.323 e. The second-order valence-electron chi connectivity index (χ2n) is 4.27. The van der Waals surface area contributed by atoms with Crippen LogP contribution in [-0.2, 0) is 6.61 Å². The van der Waals surface area contributed by atoms with E-state index in [1.807, 2.05) is 38.4 Å². The van der Waals surface area contributed by atoms with Crippen LogP contribution in [0.15, 0.2) is 28.7 Å². The Morgan fingerprint density at radius 1 is 1.20 bits per heavy atom. The molecule has 1 N–H and O–H groups in total. The summed E-state index contributed by atoms with van der Waals surface area (Å²) in [6.07, 6.45) is 0. The van der Waals surface area contributed by atoms with Crippen molar-refractivity contribution in [2.75, 3.05) is 31.4 Å². The smallest absolute Gasteiger partial charge is 0.323 e. The zero-order valence-electron chi connectivity index (χ0n) is 11.6. The molecule has 1 heterocycles. The lowest BCUT2D eigenvalue weighted by Gasteiger charge is -2.13. The lowest BCUT2D eigenvalue weighted by atomic mass is 10.2. The molecule has 0 atom stereocenters. The average Bonchev–Trinajstić information content (AvgIpc) is 2.46. The molecule has 6 nitrogen and oxygen atoms in total. The third kappa shape index (κ3) is 3.57. The van der Waals surface area contributed by atoms with Crippen molar-refractivity contribution in [1.29, 1.82) is 0 Å². The van der Waals surface area contributed by atoms with Gasteiger partial charge in [0.25, 0.3) is 0 Å². The zero-order chi connectivity index (χ0) is 14.5. The highest BCUT2D eigenvalue weighted by molar-refractivity contribution is 9.10. The monoisotopic (exact) mass is 337 g/mol. The first kappa shape index (κ1) is 14.5. The molecule has 2 rings (SSSR count). The van der Waals surface area contributed by atoms with Crippen LogP contribution in [0.1, 0.15) is 5.56 Å². The van der Waals surface area contributed by atoms with E-state index in [0.29, 0.717) is 24.5 Å². The largest absolute Gasteiger partial charge is 0.458 e. The van der Waals surface area contributed by atoms with Gasteiger partial charge in [-0.1, -0.05) is 34.1 Å². The summed E-state index contributed by atoms with van der Waals surface area (Å²) in [4.78, 5) is 14.5. The molecule has 0 saturated carbocycles. The van der Waals surface area contributed by atoms with Gasteiger partial charge in [-0.2, -0.15) is 15.0 Å². The predicted molar refractivity (Wildman–Crippen MR) is 82.2 cm³/mol. The summed E-state index contributed by atoms with van der Waals surface area (Å²) in [6, 6.07) is 8.16. The van der Waals surface area contributed by atoms with Crippen LogP contribution in [0.25, 0.3) is 0 Å². The molecular formula is C13H16BrN5O. The number of halogens is 1. The van der Waals surface area contributed by atoms with Gasteiger partial charge < -0.3 is 15.0 Å². The molecule has 20 heavy (non-hydrogen) atoms. The molecule has 106 valence electrons. The van der Waals surface area contributed by atoms with Gasteiger partial charge in [-0.25, -0.2) is 0 Å². The molecule has 1 aromatic heterocycles. The van der Waals surface area contributed by atoms with Crippen LogP contribution in [0.5, 0.6) is 6.01 Å². The standard InChI is InChI=1S/C13H16BrN5O/c1-15-11-16-12(19(2)3)18-13(17-11)20-8-9-6-4-5-7-10(9)14/h4-7H,8H2,1-3H3,(H,15,16,17,18). The quantitative estimate of drug-likeness (QED) is 0.903. The Hall–Kier alpha value is -1.89. The minimum absolute atomic E-state index is 0.295. The number of hydrogen-bond donors (Lipinski definition) is 1. The molecule has 2 aromatic rings. The van der Waals surface area contributed by atoms with Gasteiger partial charge in [0.05, 0.1) is 0 Å². The van der Waals surface area contributed by atoms with E-state index in [4.69, 9.17) is 4.74 Å². The zero-order valence-corrected chi connectivity index (χ0v) is 13.2. The predicted octanol–water partition coefficient (Wildman–Crippen LogP) is 2.32. The van der Waals surface area contributed by atoms with Gasteiger partial charge in [0.1, 0.15) is 6.61 Å². The molecule has 0 fully saturated rings. The minimum Gasteiger partial charge on any atom is -0.458 e. The maximum atomic E-state index is 5.65. The van der Waals surface area contributed by atoms with Crippen LogP contribution in [0.4, 0.5) is 11.9 Å². The Morgan fingerprint density at radius 3 is 2.60 bits per heavy atom. The van der Waals surface area contributed by atoms with Crippen LogP contribution in [-0.4, -0.2) is 36.1 Å². The van der Waals surface area contributed by atoms with Gasteiger partial charge >= 0.3 is 6.01 Å². The molecule has 0 radical (unpaired) electrons. The van der Waals surface area contributed by atoms with Gasteiger partial charge in [0, 0.05) is 31.2 Å². The topological polar surface area (TPSA) is 63.2 Å². The van der Waals surface area contributed by atoms with Crippen LogP contribution in [0, 0.1) is 0 Å². The van der Waals surface area contributed by atoms with Crippen LogP contribution >= 0.6 is 15.9 Å². The number of rotatable bonds is 5. The van der Waals surface area contributed by atoms with E-state index in [1.54, 1.807) is 11.9 Å². The van der Waals surface area contributed by atoms with Crippen LogP contribution < -0.4 is 15.0 Å². The summed E-state index contributed by atoms with van der Waals surface area (Å²) < 4.78 is 6.64. The number of benzene rings is 1. The van der Waals surface area contributed by atoms with E-state index in [1.165, 1.54) is 0 Å². The number of anilines is 2. The van der Waals surface area contributed by atoms with Crippen LogP contribution in [0.3, 0.4) is 0 Å². The summed E-state index contributed by atoms with van der Waals surface area (Å²) in [5.74, 6) is 1.03. The lowest BCUT2D eigenvalue weighted by Crippen LogP contribution is -2.15. The highest BCUT2D eigenvalue weighted by Gasteiger charge is 2.09. The molecule has 0 spiro atoms. The van der Waals surface area contributed by atoms with Crippen molar-refractivity contribution in [1.82, 2.24) is 15.0 Å². The Morgan fingerprint density at radius 2 is 1.95 bits per heavy atom. The van der Waals surface area contributed by atoms with E-state index in [2.05, 4.69) is 36.2 Å². The van der Waals surface area contributed by atoms with Gasteiger partial charge in [0.15, 0.2) is 0 Å². The average molecular weight is 338 g/mol. The Bertz CT molecular complexity index is 591. The van der Waals surface area contributed by atoms with Crippen molar-refractivity contribution in [2.24, 2.45) is 0 Å². The minimum atomic E-state index is 0.295. The van der Waals surface area contributed by atoms with Crippen molar-refractivity contribution < 1.29 is 4.74 Å². The lowest BCUT2D eigenvalue weighted by molar-refractivity contribution is 0.280. The van der Waals surface area contributed by atoms with Crippen molar-refractivity contribution in [3.05, 3.63) is 34.3 Å². The normalized spacial score (nSPS) is 10.2. The van der Waals surface area contributed by atoms with E-state index in [9.17, 15) is 0 Å². The van der Waals surface area contributed by atoms with Crippen molar-refractivity contribution in [2.45, 2.75) is 6.61 Å². The Kier molecular flexibility index (Phi) is 4.73. The number of nitrogens with one attached hydrogen (secondary N) is 1. The molecule has 1 aromatic carbocycles. The van der Waals surface area contributed by atoms with E-state index >= 15 is 0 Å². The van der Waals surface area contributed by atoms with Crippen LogP contribution in [0.2, 0.25) is 0 Å². The Labute approximate surface area is 126 Å². The third-order valence-corrected chi connectivity index (χ3v) is 3.31. The third-order valence-electron chi connectivity index (χ3n) is 2.54. The number of aromatic nitrogens is 3. The molecule has 0 bridgehead atoms. The number of nitrogens with zero attached hydrogens (tertiary/aromatic N) is 4. The molecule has 0 amide bonds. The first-order valence-corrected chi connectivity index (χ1v) is 6.87. The summed E-state index contributed by atoms with van der Waals surface area (Å²) in [5.41, 5.74) is 1.03. The molecule has 0 unspecified atom stereocenters. The molecule has 7 heteroatoms. The molecule has 0 saturated heterocycles. The van der Waals surface area contributed by atoms with Crippen molar-refractivity contribution >= 4 is 27.8 Å². The van der Waals surface area contributed by atoms with Gasteiger partial charge in [-0.05, 0) is 6.07 Å². The van der Waals surface area contributed by atoms with Gasteiger partial charge in [-0.15, -0.1) is 0 Å². The first-order chi connectivity index (χ1) is 9.60. The molecule has 0 aliphatic heterocycles. The highest BCUT2D eigenvalue weighted by Crippen LogP contribution is 2.18. The van der Waals surface area contributed by atoms with Crippen molar-refractivity contribution in [3.63, 3.8) is 0 Å². The fourth-order valence-electron chi connectivity index (χ4n) is 1.48. The summed E-state index contributed by atoms with van der Waals surface area (Å²) in [5, 5.41) is 2.89. The fourth-order valence-corrected chi connectivity index (χ4v) is 1.88. The summed E-state index contributed by atoms with van der Waals surface area (Å²) >= 11 is 3.48. The number of hydrogen-bond acceptors (Lipinski definition) is 6. The molecule has 0 aliphatic rings. The maximum absolute atomic E-state index is 5.65. The Balaban J connectivity index is 2.17. The second-order valence-corrected chi connectivity index (χ2v) is 5.12. The van der Waals surface area contributed by atoms with Crippen molar-refractivity contribution in [3.8, 4) is 6.01 Å². The van der Waals surface area contributed by atoms with Gasteiger partial charge in [-0.3, -0.25) is 0 Å². The summed E-state index contributed by atoms with van der Waals surface area (Å²) in [6.45, 7) is 0.390. The van der Waals surface area contributed by atoms with E-state index in [0.717, 1.165) is 10.0 Å². The highest BCUT2D eigenvalue weighted by atomic mass is 79.9. The second kappa shape index (κ2) is 6.51. The SMILES string of the molecule is CNc1nc(OCc2ccccc2Br)nc(N(C)C)n1. The fraction of sp³-hybridized carbons (Fsp3) is 0.308. The van der Waals surface area contributed by atoms with Gasteiger partial charge in [0.2, 0.25) is 11.9 Å². The molecule has 0 aliphatic carbocycles. The number of ether oxygens (including phenoxy) is 1. The molecular weight excluding hydrogens is 322 g/mol. The van der Waals surface area contributed by atoms with E-state index in [-0.39, 0.29) is 0 Å².